The topological polar surface area (TPSA) is 111 Å². The number of imidazole rings is 1. The number of anilines is 1. The molecule has 0 bridgehead atoms. The summed E-state index contributed by atoms with van der Waals surface area (Å²) in [5, 5.41) is 3.32. The molecule has 4 rings (SSSR count). The van der Waals surface area contributed by atoms with E-state index in [2.05, 4.69) is 25.3 Å². The lowest BCUT2D eigenvalue weighted by atomic mass is 10.1. The van der Waals surface area contributed by atoms with E-state index >= 15 is 0 Å². The summed E-state index contributed by atoms with van der Waals surface area (Å²) in [6, 6.07) is -0.402. The predicted octanol–water partition coefficient (Wildman–Crippen LogP) is 2.05. The molecule has 10 heteroatoms. The van der Waals surface area contributed by atoms with E-state index in [1.165, 1.54) is 6.33 Å². The molecule has 0 aliphatic carbocycles. The second-order valence-corrected chi connectivity index (χ2v) is 7.66. The fraction of sp³-hybridized carbons (Fsp3) is 0.524. The summed E-state index contributed by atoms with van der Waals surface area (Å²) in [4.78, 5) is 37.2. The zero-order valence-electron chi connectivity index (χ0n) is 18.4. The van der Waals surface area contributed by atoms with Gasteiger partial charge in [0.15, 0.2) is 17.0 Å². The SMILES string of the molecule is CC[C@H](Nc1ncnc2c1nc(-c1cnc(C)nc1)n2CC)C(=O)N1CCO[C@@H](C)C1. The molecule has 1 N–H and O–H groups in total. The Kier molecular flexibility index (Phi) is 6.08. The number of nitrogens with one attached hydrogen (secondary N) is 1. The van der Waals surface area contributed by atoms with Crippen molar-refractivity contribution < 1.29 is 9.53 Å². The Bertz CT molecular complexity index is 1070. The second kappa shape index (κ2) is 8.93. The Morgan fingerprint density at radius 1 is 1.26 bits per heavy atom. The maximum absolute atomic E-state index is 13.1. The van der Waals surface area contributed by atoms with Crippen LogP contribution in [0.5, 0.6) is 0 Å². The number of aromatic nitrogens is 6. The first-order valence-electron chi connectivity index (χ1n) is 10.7. The molecule has 3 aromatic rings. The third-order valence-corrected chi connectivity index (χ3v) is 5.46. The lowest BCUT2D eigenvalue weighted by Crippen LogP contribution is -2.50. The van der Waals surface area contributed by atoms with Gasteiger partial charge in [0, 0.05) is 32.0 Å². The highest BCUT2D eigenvalue weighted by molar-refractivity contribution is 5.90. The average molecular weight is 425 g/mol. The summed E-state index contributed by atoms with van der Waals surface area (Å²) in [6.07, 6.45) is 5.69. The second-order valence-electron chi connectivity index (χ2n) is 7.66. The van der Waals surface area contributed by atoms with Crippen molar-refractivity contribution in [2.75, 3.05) is 25.0 Å². The van der Waals surface area contributed by atoms with Gasteiger partial charge in [-0.1, -0.05) is 6.92 Å². The van der Waals surface area contributed by atoms with Gasteiger partial charge in [-0.15, -0.1) is 0 Å². The molecule has 164 valence electrons. The van der Waals surface area contributed by atoms with Crippen LogP contribution in [0.3, 0.4) is 0 Å². The van der Waals surface area contributed by atoms with Crippen molar-refractivity contribution in [2.45, 2.75) is 52.8 Å². The summed E-state index contributed by atoms with van der Waals surface area (Å²) in [6.45, 7) is 10.3. The minimum absolute atomic E-state index is 0.0421. The summed E-state index contributed by atoms with van der Waals surface area (Å²) in [5.74, 6) is 2.02. The van der Waals surface area contributed by atoms with Gasteiger partial charge in [0.25, 0.3) is 0 Å². The van der Waals surface area contributed by atoms with E-state index in [1.54, 1.807) is 12.4 Å². The molecule has 4 heterocycles. The summed E-state index contributed by atoms with van der Waals surface area (Å²) < 4.78 is 7.57. The van der Waals surface area contributed by atoms with Crippen LogP contribution in [0, 0.1) is 6.92 Å². The molecule has 0 spiro atoms. The molecule has 1 saturated heterocycles. The van der Waals surface area contributed by atoms with Gasteiger partial charge in [0.1, 0.15) is 24.0 Å². The lowest BCUT2D eigenvalue weighted by molar-refractivity contribution is -0.139. The Balaban J connectivity index is 1.67. The maximum atomic E-state index is 13.1. The van der Waals surface area contributed by atoms with Gasteiger partial charge in [0.2, 0.25) is 5.91 Å². The highest BCUT2D eigenvalue weighted by Gasteiger charge is 2.28. The standard InChI is InChI=1S/C21H28N8O2/c1-5-16(21(30)28-7-8-31-13(3)11-28)26-18-17-20(25-12-24-18)29(6-2)19(27-17)15-9-22-14(4)23-10-15/h9-10,12-13,16H,5-8,11H2,1-4H3,(H,24,25,26)/t13-,16-/m0/s1. The third-order valence-electron chi connectivity index (χ3n) is 5.46. The van der Waals surface area contributed by atoms with Crippen LogP contribution in [0.15, 0.2) is 18.7 Å². The van der Waals surface area contributed by atoms with Crippen molar-refractivity contribution in [1.82, 2.24) is 34.4 Å². The summed E-state index contributed by atoms with van der Waals surface area (Å²) >= 11 is 0. The maximum Gasteiger partial charge on any atom is 0.245 e. The molecule has 1 aliphatic rings. The van der Waals surface area contributed by atoms with Crippen molar-refractivity contribution in [2.24, 2.45) is 0 Å². The number of nitrogens with zero attached hydrogens (tertiary/aromatic N) is 7. The number of rotatable bonds is 6. The zero-order valence-corrected chi connectivity index (χ0v) is 18.4. The quantitative estimate of drug-likeness (QED) is 0.640. The monoisotopic (exact) mass is 424 g/mol. The Morgan fingerprint density at radius 2 is 2.03 bits per heavy atom. The molecular formula is C21H28N8O2. The number of morpholine rings is 1. The number of carbonyl (C=O) groups is 1. The molecule has 31 heavy (non-hydrogen) atoms. The molecule has 3 aromatic heterocycles. The summed E-state index contributed by atoms with van der Waals surface area (Å²) in [7, 11) is 0. The Morgan fingerprint density at radius 3 is 2.71 bits per heavy atom. The van der Waals surface area contributed by atoms with Crippen LogP contribution >= 0.6 is 0 Å². The molecule has 0 radical (unpaired) electrons. The lowest BCUT2D eigenvalue weighted by Gasteiger charge is -2.33. The van der Waals surface area contributed by atoms with Crippen molar-refractivity contribution >= 4 is 22.9 Å². The molecule has 0 unspecified atom stereocenters. The first-order valence-corrected chi connectivity index (χ1v) is 10.7. The molecular weight excluding hydrogens is 396 g/mol. The summed E-state index contributed by atoms with van der Waals surface area (Å²) in [5.41, 5.74) is 2.14. The molecule has 1 amide bonds. The minimum Gasteiger partial charge on any atom is -0.375 e. The van der Waals surface area contributed by atoms with Gasteiger partial charge in [-0.05, 0) is 27.2 Å². The molecule has 0 saturated carbocycles. The van der Waals surface area contributed by atoms with E-state index in [4.69, 9.17) is 9.72 Å². The van der Waals surface area contributed by atoms with Crippen molar-refractivity contribution in [1.29, 1.82) is 0 Å². The largest absolute Gasteiger partial charge is 0.375 e. The first-order chi connectivity index (χ1) is 15.0. The fourth-order valence-corrected chi connectivity index (χ4v) is 3.81. The highest BCUT2D eigenvalue weighted by Crippen LogP contribution is 2.27. The fourth-order valence-electron chi connectivity index (χ4n) is 3.81. The van der Waals surface area contributed by atoms with Crippen molar-refractivity contribution in [3.63, 3.8) is 0 Å². The Labute approximate surface area is 181 Å². The predicted molar refractivity (Wildman–Crippen MR) is 116 cm³/mol. The Hall–Kier alpha value is -3.14. The van der Waals surface area contributed by atoms with Crippen LogP contribution in [0.1, 0.15) is 33.0 Å². The smallest absolute Gasteiger partial charge is 0.245 e. The average Bonchev–Trinajstić information content (AvgIpc) is 3.17. The van der Waals surface area contributed by atoms with E-state index in [1.807, 2.05) is 37.2 Å². The van der Waals surface area contributed by atoms with Crippen LogP contribution in [0.4, 0.5) is 5.82 Å². The van der Waals surface area contributed by atoms with Crippen LogP contribution in [0.2, 0.25) is 0 Å². The number of hydrogen-bond donors (Lipinski definition) is 1. The van der Waals surface area contributed by atoms with E-state index in [-0.39, 0.29) is 12.0 Å². The van der Waals surface area contributed by atoms with Crippen LogP contribution in [0.25, 0.3) is 22.6 Å². The van der Waals surface area contributed by atoms with Gasteiger partial charge in [0.05, 0.1) is 18.3 Å². The number of carbonyl (C=O) groups excluding carboxylic acids is 1. The zero-order chi connectivity index (χ0) is 22.0. The number of amides is 1. The van der Waals surface area contributed by atoms with Crippen LogP contribution in [-0.4, -0.2) is 72.1 Å². The van der Waals surface area contributed by atoms with Crippen molar-refractivity contribution in [3.05, 3.63) is 24.5 Å². The van der Waals surface area contributed by atoms with Gasteiger partial charge < -0.3 is 19.5 Å². The first kappa shape index (κ1) is 21.1. The molecule has 2 atom stereocenters. The van der Waals surface area contributed by atoms with E-state index in [0.717, 1.165) is 11.4 Å². The van der Waals surface area contributed by atoms with Crippen LogP contribution < -0.4 is 5.32 Å². The van der Waals surface area contributed by atoms with Crippen molar-refractivity contribution in [3.8, 4) is 11.4 Å². The molecule has 1 aliphatic heterocycles. The van der Waals surface area contributed by atoms with Gasteiger partial charge in [-0.25, -0.2) is 24.9 Å². The number of hydrogen-bond acceptors (Lipinski definition) is 8. The van der Waals surface area contributed by atoms with E-state index in [9.17, 15) is 4.79 Å². The van der Waals surface area contributed by atoms with Gasteiger partial charge >= 0.3 is 0 Å². The number of ether oxygens (including phenoxy) is 1. The molecule has 1 fully saturated rings. The third kappa shape index (κ3) is 4.20. The van der Waals surface area contributed by atoms with Gasteiger partial charge in [-0.3, -0.25) is 4.79 Å². The molecule has 0 aromatic carbocycles. The number of aryl methyl sites for hydroxylation is 2. The highest BCUT2D eigenvalue weighted by atomic mass is 16.5. The normalized spacial score (nSPS) is 17.7. The number of fused-ring (bicyclic) bond motifs is 1. The van der Waals surface area contributed by atoms with Crippen LogP contribution in [-0.2, 0) is 16.1 Å². The van der Waals surface area contributed by atoms with Gasteiger partial charge in [-0.2, -0.15) is 0 Å². The molecule has 10 nitrogen and oxygen atoms in total. The van der Waals surface area contributed by atoms with E-state index < -0.39 is 6.04 Å². The van der Waals surface area contributed by atoms with E-state index in [0.29, 0.717) is 55.5 Å². The minimum atomic E-state index is -0.402.